The second-order valence-corrected chi connectivity index (χ2v) is 15.8. The summed E-state index contributed by atoms with van der Waals surface area (Å²) in [6, 6.07) is 11.1. The summed E-state index contributed by atoms with van der Waals surface area (Å²) in [6.45, 7) is 3.81. The van der Waals surface area contributed by atoms with Crippen molar-refractivity contribution >= 4 is 27.6 Å². The molecule has 2 aromatic carbocycles. The highest BCUT2D eigenvalue weighted by Crippen LogP contribution is 2.45. The Morgan fingerprint density at radius 2 is 1.80 bits per heavy atom. The number of carbonyl (C=O) groups is 2. The first-order valence-electron chi connectivity index (χ1n) is 17.2. The second kappa shape index (κ2) is 15.6. The summed E-state index contributed by atoms with van der Waals surface area (Å²) in [5.41, 5.74) is 2.06. The molecule has 3 aliphatic rings. The molecule has 49 heavy (non-hydrogen) atoms. The molecule has 0 bridgehead atoms. The molecule has 1 spiro atoms. The number of piperidine rings is 1. The number of sulfone groups is 1. The van der Waals surface area contributed by atoms with Crippen LogP contribution in [0.2, 0.25) is 0 Å². The number of nitrogens with zero attached hydrogens (tertiary/aromatic N) is 2. The summed E-state index contributed by atoms with van der Waals surface area (Å²) in [6.07, 6.45) is 7.12. The number of benzene rings is 2. The normalized spacial score (nSPS) is 18.1. The molecule has 3 fully saturated rings. The third-order valence-corrected chi connectivity index (χ3v) is 11.0. The average Bonchev–Trinajstić information content (AvgIpc) is 3.88. The van der Waals surface area contributed by atoms with Crippen molar-refractivity contribution in [1.82, 2.24) is 20.9 Å². The monoisotopic (exact) mass is 701 g/mol. The topological polar surface area (TPSA) is 181 Å². The summed E-state index contributed by atoms with van der Waals surface area (Å²) in [5.74, 6) is 0.914. The minimum Gasteiger partial charge on any atom is -0.494 e. The zero-order chi connectivity index (χ0) is 35.2. The number of hydrogen-bond donors (Lipinski definition) is 6. The quantitative estimate of drug-likeness (QED) is 0.143. The Morgan fingerprint density at radius 1 is 1.08 bits per heavy atom. The van der Waals surface area contributed by atoms with Crippen molar-refractivity contribution in [3.63, 3.8) is 0 Å². The summed E-state index contributed by atoms with van der Waals surface area (Å²) in [5, 5.41) is 36.5. The van der Waals surface area contributed by atoms with E-state index in [2.05, 4.69) is 20.9 Å². The molecule has 13 nitrogen and oxygen atoms in total. The third kappa shape index (κ3) is 9.03. The van der Waals surface area contributed by atoms with E-state index >= 15 is 0 Å². The summed E-state index contributed by atoms with van der Waals surface area (Å²) < 4.78 is 31.1. The number of urea groups is 2. The molecule has 2 saturated heterocycles. The van der Waals surface area contributed by atoms with Gasteiger partial charge >= 0.3 is 12.1 Å². The number of likely N-dealkylation sites (tertiary alicyclic amines) is 1. The average molecular weight is 702 g/mol. The molecule has 2 aliphatic heterocycles. The molecular formula is C35H51N5O8S. The predicted molar refractivity (Wildman–Crippen MR) is 186 cm³/mol. The number of aliphatic hydroxyl groups excluding tert-OH is 3. The number of nitrogens with one attached hydrogen (secondary N) is 3. The predicted octanol–water partition coefficient (Wildman–Crippen LogP) is 2.27. The number of aryl methyl sites for hydroxylation is 1. The van der Waals surface area contributed by atoms with Crippen LogP contribution in [0.15, 0.2) is 41.3 Å². The molecule has 0 radical (unpaired) electrons. The van der Waals surface area contributed by atoms with Gasteiger partial charge in [0.1, 0.15) is 11.3 Å². The van der Waals surface area contributed by atoms with Gasteiger partial charge < -0.3 is 36.0 Å². The number of aliphatic hydroxyl groups is 3. The molecule has 5 rings (SSSR count). The number of unbranched alkanes of at least 4 members (excludes halogenated alkanes) is 1. The zero-order valence-corrected chi connectivity index (χ0v) is 29.4. The fourth-order valence-corrected chi connectivity index (χ4v) is 7.72. The SMILES string of the molecule is CCOc1cc(S(C)(=O)=O)c(C2CC2)cc1CN1CCC2(CC1)CN(c1cccc(CCCCNC(=O)NC(CO)(CO)CO)c1)C(=O)N2. The van der Waals surface area contributed by atoms with Gasteiger partial charge in [0.05, 0.1) is 43.4 Å². The highest BCUT2D eigenvalue weighted by molar-refractivity contribution is 7.90. The number of carbonyl (C=O) groups excluding carboxylic acids is 2. The molecule has 0 atom stereocenters. The Kier molecular flexibility index (Phi) is 11.8. The standard InChI is InChI=1S/C35H51N5O8S/c1-3-48-30-19-31(49(2,46)47)29(26-10-11-26)18-27(30)20-39-15-12-34(13-16-39)21-40(33(45)38-34)28-9-6-8-25(17-28)7-4-5-14-36-32(44)37-35(22-41,23-42)24-43/h6,8-9,17-19,26,41-43H,3-5,7,10-16,20-24H2,1-2H3,(H,38,45)(H2,36,37,44). The van der Waals surface area contributed by atoms with E-state index in [4.69, 9.17) is 4.74 Å². The first kappa shape index (κ1) is 36.8. The van der Waals surface area contributed by atoms with E-state index in [1.807, 2.05) is 42.2 Å². The molecule has 270 valence electrons. The van der Waals surface area contributed by atoms with Crippen LogP contribution in [0.5, 0.6) is 5.75 Å². The van der Waals surface area contributed by atoms with E-state index in [-0.39, 0.29) is 17.5 Å². The highest BCUT2D eigenvalue weighted by atomic mass is 32.2. The maximum Gasteiger partial charge on any atom is 0.322 e. The largest absolute Gasteiger partial charge is 0.494 e. The third-order valence-electron chi connectivity index (χ3n) is 9.88. The Labute approximate surface area is 288 Å². The lowest BCUT2D eigenvalue weighted by atomic mass is 9.88. The van der Waals surface area contributed by atoms with Crippen LogP contribution in [0, 0.1) is 0 Å². The van der Waals surface area contributed by atoms with Crippen LogP contribution in [0.3, 0.4) is 0 Å². The van der Waals surface area contributed by atoms with Crippen molar-refractivity contribution < 1.29 is 38.1 Å². The molecule has 6 N–H and O–H groups in total. The maximum absolute atomic E-state index is 13.2. The van der Waals surface area contributed by atoms with E-state index in [0.29, 0.717) is 43.3 Å². The van der Waals surface area contributed by atoms with Gasteiger partial charge in [-0.1, -0.05) is 12.1 Å². The van der Waals surface area contributed by atoms with Crippen molar-refractivity contribution in [2.75, 3.05) is 63.8 Å². The number of anilines is 1. The van der Waals surface area contributed by atoms with Crippen LogP contribution in [0.25, 0.3) is 0 Å². The van der Waals surface area contributed by atoms with Crippen LogP contribution in [-0.2, 0) is 22.8 Å². The van der Waals surface area contributed by atoms with Gasteiger partial charge in [-0.3, -0.25) is 9.80 Å². The molecule has 4 amide bonds. The lowest BCUT2D eigenvalue weighted by molar-refractivity contribution is 0.0493. The Morgan fingerprint density at radius 3 is 2.43 bits per heavy atom. The van der Waals surface area contributed by atoms with Gasteiger partial charge in [0.25, 0.3) is 0 Å². The van der Waals surface area contributed by atoms with Gasteiger partial charge in [-0.2, -0.15) is 0 Å². The van der Waals surface area contributed by atoms with Gasteiger partial charge in [-0.05, 0) is 93.2 Å². The number of amides is 4. The van der Waals surface area contributed by atoms with Crippen molar-refractivity contribution in [3.8, 4) is 5.75 Å². The van der Waals surface area contributed by atoms with Crippen LogP contribution < -0.4 is 25.6 Å². The molecule has 2 heterocycles. The fraction of sp³-hybridized carbons (Fsp3) is 0.600. The molecule has 1 saturated carbocycles. The summed E-state index contributed by atoms with van der Waals surface area (Å²) in [7, 11) is -3.37. The Bertz CT molecular complexity index is 1580. The first-order chi connectivity index (χ1) is 23.4. The number of ether oxygens (including phenoxy) is 1. The zero-order valence-electron chi connectivity index (χ0n) is 28.5. The van der Waals surface area contributed by atoms with Crippen molar-refractivity contribution in [1.29, 1.82) is 0 Å². The minimum atomic E-state index is -3.37. The molecule has 0 unspecified atom stereocenters. The van der Waals surface area contributed by atoms with Crippen LogP contribution in [0.1, 0.15) is 68.1 Å². The van der Waals surface area contributed by atoms with Crippen LogP contribution in [0.4, 0.5) is 15.3 Å². The number of hydrogen-bond acceptors (Lipinski definition) is 9. The van der Waals surface area contributed by atoms with Crippen LogP contribution in [-0.4, -0.2) is 111 Å². The first-order valence-corrected chi connectivity index (χ1v) is 19.1. The van der Waals surface area contributed by atoms with Gasteiger partial charge in [-0.15, -0.1) is 0 Å². The smallest absolute Gasteiger partial charge is 0.322 e. The van der Waals surface area contributed by atoms with E-state index in [1.54, 1.807) is 6.07 Å². The highest BCUT2D eigenvalue weighted by Gasteiger charge is 2.45. The van der Waals surface area contributed by atoms with E-state index < -0.39 is 41.2 Å². The van der Waals surface area contributed by atoms with Gasteiger partial charge in [0.15, 0.2) is 9.84 Å². The molecular weight excluding hydrogens is 650 g/mol. The molecule has 1 aliphatic carbocycles. The minimum absolute atomic E-state index is 0.102. The fourth-order valence-electron chi connectivity index (χ4n) is 6.74. The van der Waals surface area contributed by atoms with Crippen LogP contribution >= 0.6 is 0 Å². The van der Waals surface area contributed by atoms with E-state index in [9.17, 15) is 33.3 Å². The van der Waals surface area contributed by atoms with Gasteiger partial charge in [0, 0.05) is 43.7 Å². The molecule has 14 heteroatoms. The van der Waals surface area contributed by atoms with Gasteiger partial charge in [-0.25, -0.2) is 18.0 Å². The van der Waals surface area contributed by atoms with Gasteiger partial charge in [0.2, 0.25) is 0 Å². The van der Waals surface area contributed by atoms with Crippen molar-refractivity contribution in [2.24, 2.45) is 0 Å². The van der Waals surface area contributed by atoms with E-state index in [1.165, 1.54) is 6.26 Å². The lowest BCUT2D eigenvalue weighted by Crippen LogP contribution is -2.59. The lowest BCUT2D eigenvalue weighted by Gasteiger charge is -2.39. The Hall–Kier alpha value is -3.43. The van der Waals surface area contributed by atoms with E-state index in [0.717, 1.165) is 74.0 Å². The summed E-state index contributed by atoms with van der Waals surface area (Å²) >= 11 is 0. The second-order valence-electron chi connectivity index (χ2n) is 13.8. The molecule has 2 aromatic rings. The van der Waals surface area contributed by atoms with Crippen molar-refractivity contribution in [2.45, 2.75) is 80.3 Å². The molecule has 0 aromatic heterocycles. The maximum atomic E-state index is 13.2. The van der Waals surface area contributed by atoms with Crippen molar-refractivity contribution in [3.05, 3.63) is 53.1 Å². The summed E-state index contributed by atoms with van der Waals surface area (Å²) in [4.78, 5) is 29.9. The number of rotatable bonds is 16. The Balaban J connectivity index is 1.13.